The molecule has 0 spiro atoms. The number of hydrogen-bond donors (Lipinski definition) is 2. The Labute approximate surface area is 125 Å². The maximum Gasteiger partial charge on any atom is 0.240 e. The van der Waals surface area contributed by atoms with Gasteiger partial charge in [0.15, 0.2) is 0 Å². The fourth-order valence-corrected chi connectivity index (χ4v) is 3.75. The SMILES string of the molecule is CNc1ccc(S(=O)(=O)NC2CC2c2ccccc2)cc1. The molecule has 4 nitrogen and oxygen atoms in total. The Kier molecular flexibility index (Phi) is 3.69. The van der Waals surface area contributed by atoms with E-state index in [9.17, 15) is 8.42 Å². The number of rotatable bonds is 5. The third kappa shape index (κ3) is 3.09. The fraction of sp³-hybridized carbons (Fsp3) is 0.250. The summed E-state index contributed by atoms with van der Waals surface area (Å²) in [6, 6.07) is 16.8. The van der Waals surface area contributed by atoms with E-state index >= 15 is 0 Å². The number of hydrogen-bond acceptors (Lipinski definition) is 3. The molecule has 2 aromatic rings. The van der Waals surface area contributed by atoms with Gasteiger partial charge in [0.25, 0.3) is 0 Å². The lowest BCUT2D eigenvalue weighted by Crippen LogP contribution is -2.26. The van der Waals surface area contributed by atoms with Crippen LogP contribution in [0.4, 0.5) is 5.69 Å². The van der Waals surface area contributed by atoms with Crippen LogP contribution >= 0.6 is 0 Å². The van der Waals surface area contributed by atoms with E-state index in [4.69, 9.17) is 0 Å². The largest absolute Gasteiger partial charge is 0.388 e. The van der Waals surface area contributed by atoms with E-state index in [0.717, 1.165) is 12.1 Å². The summed E-state index contributed by atoms with van der Waals surface area (Å²) in [6.45, 7) is 0. The van der Waals surface area contributed by atoms with Crippen LogP contribution in [0.15, 0.2) is 59.5 Å². The Bertz CT molecular complexity index is 712. The first-order valence-corrected chi connectivity index (χ1v) is 8.43. The van der Waals surface area contributed by atoms with Crippen LogP contribution in [0.5, 0.6) is 0 Å². The zero-order valence-electron chi connectivity index (χ0n) is 11.8. The van der Waals surface area contributed by atoms with Gasteiger partial charge >= 0.3 is 0 Å². The van der Waals surface area contributed by atoms with Crippen molar-refractivity contribution in [3.05, 3.63) is 60.2 Å². The number of anilines is 1. The second kappa shape index (κ2) is 5.50. The van der Waals surface area contributed by atoms with Crippen molar-refractivity contribution in [2.45, 2.75) is 23.3 Å². The molecular weight excluding hydrogens is 284 g/mol. The highest BCUT2D eigenvalue weighted by Crippen LogP contribution is 2.41. The molecule has 1 fully saturated rings. The van der Waals surface area contributed by atoms with Gasteiger partial charge in [-0.1, -0.05) is 30.3 Å². The molecule has 2 N–H and O–H groups in total. The van der Waals surface area contributed by atoms with Crippen molar-refractivity contribution >= 4 is 15.7 Å². The minimum atomic E-state index is -3.44. The molecule has 21 heavy (non-hydrogen) atoms. The van der Waals surface area contributed by atoms with Gasteiger partial charge in [-0.15, -0.1) is 0 Å². The third-order valence-electron chi connectivity index (χ3n) is 3.78. The lowest BCUT2D eigenvalue weighted by molar-refractivity contribution is 0.580. The molecule has 1 saturated carbocycles. The summed E-state index contributed by atoms with van der Waals surface area (Å²) in [4.78, 5) is 0.306. The molecule has 3 rings (SSSR count). The van der Waals surface area contributed by atoms with Crippen LogP contribution in [0.2, 0.25) is 0 Å². The molecule has 2 atom stereocenters. The number of benzene rings is 2. The van der Waals surface area contributed by atoms with Crippen LogP contribution < -0.4 is 10.0 Å². The molecular formula is C16H18N2O2S. The van der Waals surface area contributed by atoms with Gasteiger partial charge in [0, 0.05) is 24.7 Å². The van der Waals surface area contributed by atoms with Gasteiger partial charge in [-0.3, -0.25) is 0 Å². The molecule has 0 bridgehead atoms. The summed E-state index contributed by atoms with van der Waals surface area (Å²) >= 11 is 0. The summed E-state index contributed by atoms with van der Waals surface area (Å²) in [5, 5.41) is 2.97. The predicted molar refractivity (Wildman–Crippen MR) is 83.9 cm³/mol. The molecule has 0 heterocycles. The normalized spacial score (nSPS) is 21.0. The third-order valence-corrected chi connectivity index (χ3v) is 5.28. The Morgan fingerprint density at radius 3 is 2.29 bits per heavy atom. The van der Waals surface area contributed by atoms with Crippen molar-refractivity contribution in [1.82, 2.24) is 4.72 Å². The van der Waals surface area contributed by atoms with Crippen LogP contribution in [-0.2, 0) is 10.0 Å². The second-order valence-electron chi connectivity index (χ2n) is 5.26. The lowest BCUT2D eigenvalue weighted by Gasteiger charge is -2.07. The molecule has 0 aromatic heterocycles. The minimum Gasteiger partial charge on any atom is -0.388 e. The van der Waals surface area contributed by atoms with Gasteiger partial charge in [-0.2, -0.15) is 0 Å². The summed E-state index contributed by atoms with van der Waals surface area (Å²) in [6.07, 6.45) is 0.859. The molecule has 5 heteroatoms. The van der Waals surface area contributed by atoms with E-state index < -0.39 is 10.0 Å². The fourth-order valence-electron chi connectivity index (χ4n) is 2.46. The van der Waals surface area contributed by atoms with Crippen molar-refractivity contribution in [1.29, 1.82) is 0 Å². The van der Waals surface area contributed by atoms with Crippen LogP contribution in [0, 0.1) is 0 Å². The highest BCUT2D eigenvalue weighted by atomic mass is 32.2. The van der Waals surface area contributed by atoms with Crippen molar-refractivity contribution in [3.63, 3.8) is 0 Å². The molecule has 1 aliphatic carbocycles. The molecule has 0 radical (unpaired) electrons. The van der Waals surface area contributed by atoms with Crippen molar-refractivity contribution < 1.29 is 8.42 Å². The maximum absolute atomic E-state index is 12.3. The number of nitrogens with one attached hydrogen (secondary N) is 2. The van der Waals surface area contributed by atoms with Crippen LogP contribution in [0.3, 0.4) is 0 Å². The molecule has 1 aliphatic rings. The predicted octanol–water partition coefficient (Wildman–Crippen LogP) is 2.56. The van der Waals surface area contributed by atoms with E-state index in [0.29, 0.717) is 4.90 Å². The zero-order chi connectivity index (χ0) is 14.9. The van der Waals surface area contributed by atoms with Gasteiger partial charge in [0.2, 0.25) is 10.0 Å². The van der Waals surface area contributed by atoms with Crippen LogP contribution in [-0.4, -0.2) is 21.5 Å². The van der Waals surface area contributed by atoms with E-state index in [1.165, 1.54) is 5.56 Å². The molecule has 2 aromatic carbocycles. The lowest BCUT2D eigenvalue weighted by atomic mass is 10.1. The van der Waals surface area contributed by atoms with Crippen molar-refractivity contribution in [3.8, 4) is 0 Å². The first kappa shape index (κ1) is 14.1. The van der Waals surface area contributed by atoms with Gasteiger partial charge in [0.1, 0.15) is 0 Å². The maximum atomic E-state index is 12.3. The van der Waals surface area contributed by atoms with Gasteiger partial charge in [0.05, 0.1) is 4.90 Å². The van der Waals surface area contributed by atoms with Gasteiger partial charge < -0.3 is 5.32 Å². The first-order chi connectivity index (χ1) is 10.1. The minimum absolute atomic E-state index is 0.00127. The zero-order valence-corrected chi connectivity index (χ0v) is 12.6. The van der Waals surface area contributed by atoms with Crippen molar-refractivity contribution in [2.24, 2.45) is 0 Å². The average molecular weight is 302 g/mol. The highest BCUT2D eigenvalue weighted by Gasteiger charge is 2.41. The van der Waals surface area contributed by atoms with E-state index in [-0.39, 0.29) is 12.0 Å². The highest BCUT2D eigenvalue weighted by molar-refractivity contribution is 7.89. The Morgan fingerprint density at radius 1 is 1.00 bits per heavy atom. The quantitative estimate of drug-likeness (QED) is 0.892. The molecule has 2 unspecified atom stereocenters. The van der Waals surface area contributed by atoms with Gasteiger partial charge in [-0.05, 0) is 36.2 Å². The average Bonchev–Trinajstić information content (AvgIpc) is 3.26. The van der Waals surface area contributed by atoms with Gasteiger partial charge in [-0.25, -0.2) is 13.1 Å². The Morgan fingerprint density at radius 2 is 1.67 bits per heavy atom. The first-order valence-electron chi connectivity index (χ1n) is 6.95. The van der Waals surface area contributed by atoms with E-state index in [2.05, 4.69) is 10.0 Å². The standard InChI is InChI=1S/C16H18N2O2S/c1-17-13-7-9-14(10-8-13)21(19,20)18-16-11-15(16)12-5-3-2-4-6-12/h2-10,15-18H,11H2,1H3. The molecule has 0 saturated heterocycles. The topological polar surface area (TPSA) is 58.2 Å². The second-order valence-corrected chi connectivity index (χ2v) is 6.97. The molecule has 110 valence electrons. The Hall–Kier alpha value is -1.85. The van der Waals surface area contributed by atoms with Crippen LogP contribution in [0.1, 0.15) is 17.9 Å². The van der Waals surface area contributed by atoms with Crippen molar-refractivity contribution in [2.75, 3.05) is 12.4 Å². The summed E-state index contributed by atoms with van der Waals surface area (Å²) in [5.41, 5.74) is 2.08. The molecule has 0 amide bonds. The Balaban J connectivity index is 1.70. The summed E-state index contributed by atoms with van der Waals surface area (Å²) < 4.78 is 27.4. The summed E-state index contributed by atoms with van der Waals surface area (Å²) in [5.74, 6) is 0.289. The monoisotopic (exact) mass is 302 g/mol. The van der Waals surface area contributed by atoms with E-state index in [1.807, 2.05) is 30.3 Å². The van der Waals surface area contributed by atoms with E-state index in [1.54, 1.807) is 31.3 Å². The van der Waals surface area contributed by atoms with Crippen LogP contribution in [0.25, 0.3) is 0 Å². The smallest absolute Gasteiger partial charge is 0.240 e. The summed E-state index contributed by atoms with van der Waals surface area (Å²) in [7, 11) is -1.64. The molecule has 0 aliphatic heterocycles. The number of sulfonamides is 1.